The SMILES string of the molecule is CN=C(NCCC1CCCO1)NCc1ccc(C)cc1OCC1CCOC1. The van der Waals surface area contributed by atoms with Crippen LogP contribution in [0.15, 0.2) is 23.2 Å². The third-order valence-corrected chi connectivity index (χ3v) is 5.17. The Bertz CT molecular complexity index is 609. The third kappa shape index (κ3) is 6.40. The summed E-state index contributed by atoms with van der Waals surface area (Å²) < 4.78 is 17.2. The molecule has 0 radical (unpaired) electrons. The standard InChI is InChI=1S/C21H33N3O3/c1-16-5-6-18(20(12-16)27-15-17-8-11-25-14-17)13-24-21(22-2)23-9-7-19-4-3-10-26-19/h5-6,12,17,19H,3-4,7-11,13-15H2,1-2H3,(H2,22,23,24). The van der Waals surface area contributed by atoms with Crippen molar-refractivity contribution < 1.29 is 14.2 Å². The normalized spacial score (nSPS) is 22.8. The maximum atomic E-state index is 6.12. The average Bonchev–Trinajstić information content (AvgIpc) is 3.37. The van der Waals surface area contributed by atoms with Gasteiger partial charge in [-0.15, -0.1) is 0 Å². The lowest BCUT2D eigenvalue weighted by molar-refractivity contribution is 0.105. The quantitative estimate of drug-likeness (QED) is 0.540. The van der Waals surface area contributed by atoms with Crippen LogP contribution in [0.3, 0.4) is 0 Å². The molecule has 2 aliphatic heterocycles. The first-order valence-electron chi connectivity index (χ1n) is 10.1. The molecule has 27 heavy (non-hydrogen) atoms. The number of hydrogen-bond acceptors (Lipinski definition) is 4. The van der Waals surface area contributed by atoms with Crippen LogP contribution >= 0.6 is 0 Å². The number of ether oxygens (including phenoxy) is 3. The molecule has 1 aromatic rings. The molecule has 2 unspecified atom stereocenters. The van der Waals surface area contributed by atoms with E-state index in [0.29, 0.717) is 25.2 Å². The van der Waals surface area contributed by atoms with Crippen molar-refractivity contribution in [3.63, 3.8) is 0 Å². The second-order valence-corrected chi connectivity index (χ2v) is 7.43. The molecule has 0 aromatic heterocycles. The molecule has 2 atom stereocenters. The Balaban J connectivity index is 1.47. The summed E-state index contributed by atoms with van der Waals surface area (Å²) in [4.78, 5) is 4.32. The van der Waals surface area contributed by atoms with Gasteiger partial charge in [0, 0.05) is 44.8 Å². The van der Waals surface area contributed by atoms with E-state index in [0.717, 1.165) is 56.5 Å². The van der Waals surface area contributed by atoms with Gasteiger partial charge in [-0.1, -0.05) is 12.1 Å². The second-order valence-electron chi connectivity index (χ2n) is 7.43. The summed E-state index contributed by atoms with van der Waals surface area (Å²) in [6.45, 7) is 6.91. The second kappa shape index (κ2) is 10.5. The summed E-state index contributed by atoms with van der Waals surface area (Å²) in [5, 5.41) is 6.77. The van der Waals surface area contributed by atoms with Gasteiger partial charge in [0.05, 0.1) is 19.3 Å². The van der Waals surface area contributed by atoms with Gasteiger partial charge in [0.25, 0.3) is 0 Å². The molecule has 0 amide bonds. The van der Waals surface area contributed by atoms with Crippen LogP contribution < -0.4 is 15.4 Å². The number of hydrogen-bond donors (Lipinski definition) is 2. The van der Waals surface area contributed by atoms with E-state index in [2.05, 4.69) is 40.7 Å². The minimum atomic E-state index is 0.396. The molecule has 2 N–H and O–H groups in total. The lowest BCUT2D eigenvalue weighted by Gasteiger charge is -2.17. The van der Waals surface area contributed by atoms with Crippen molar-refractivity contribution in [3.8, 4) is 5.75 Å². The lowest BCUT2D eigenvalue weighted by atomic mass is 10.1. The number of aryl methyl sites for hydroxylation is 1. The highest BCUT2D eigenvalue weighted by Gasteiger charge is 2.17. The van der Waals surface area contributed by atoms with Crippen LogP contribution in [-0.4, -0.2) is 52.1 Å². The van der Waals surface area contributed by atoms with Gasteiger partial charge in [-0.25, -0.2) is 0 Å². The number of benzene rings is 1. The van der Waals surface area contributed by atoms with Crippen LogP contribution in [-0.2, 0) is 16.0 Å². The highest BCUT2D eigenvalue weighted by molar-refractivity contribution is 5.79. The maximum Gasteiger partial charge on any atom is 0.191 e. The predicted octanol–water partition coefficient (Wildman–Crippen LogP) is 2.64. The van der Waals surface area contributed by atoms with Crippen molar-refractivity contribution in [3.05, 3.63) is 29.3 Å². The van der Waals surface area contributed by atoms with Crippen LogP contribution in [0, 0.1) is 12.8 Å². The monoisotopic (exact) mass is 375 g/mol. The van der Waals surface area contributed by atoms with Gasteiger partial charge in [-0.3, -0.25) is 4.99 Å². The van der Waals surface area contributed by atoms with Crippen molar-refractivity contribution in [1.82, 2.24) is 10.6 Å². The van der Waals surface area contributed by atoms with Gasteiger partial charge in [-0.05, 0) is 44.2 Å². The Hall–Kier alpha value is -1.79. The van der Waals surface area contributed by atoms with E-state index in [4.69, 9.17) is 14.2 Å². The number of guanidine groups is 1. The molecule has 3 rings (SSSR count). The molecule has 0 spiro atoms. The first kappa shape index (κ1) is 20.0. The van der Waals surface area contributed by atoms with E-state index in [1.807, 2.05) is 0 Å². The molecule has 0 bridgehead atoms. The van der Waals surface area contributed by atoms with Crippen molar-refractivity contribution in [1.29, 1.82) is 0 Å². The van der Waals surface area contributed by atoms with Crippen LogP contribution in [0.1, 0.15) is 36.8 Å². The highest BCUT2D eigenvalue weighted by atomic mass is 16.5. The van der Waals surface area contributed by atoms with Crippen LogP contribution in [0.4, 0.5) is 0 Å². The van der Waals surface area contributed by atoms with Crippen molar-refractivity contribution in [2.24, 2.45) is 10.9 Å². The summed E-state index contributed by atoms with van der Waals surface area (Å²) >= 11 is 0. The van der Waals surface area contributed by atoms with E-state index in [9.17, 15) is 0 Å². The molecule has 2 heterocycles. The summed E-state index contributed by atoms with van der Waals surface area (Å²) in [5.41, 5.74) is 2.34. The fourth-order valence-electron chi connectivity index (χ4n) is 3.49. The van der Waals surface area contributed by atoms with Crippen LogP contribution in [0.2, 0.25) is 0 Å². The predicted molar refractivity (Wildman–Crippen MR) is 107 cm³/mol. The smallest absolute Gasteiger partial charge is 0.191 e. The third-order valence-electron chi connectivity index (χ3n) is 5.17. The molecule has 150 valence electrons. The minimum Gasteiger partial charge on any atom is -0.493 e. The molecule has 6 heteroatoms. The molecule has 2 fully saturated rings. The molecule has 1 aromatic carbocycles. The Morgan fingerprint density at radius 1 is 1.26 bits per heavy atom. The van der Waals surface area contributed by atoms with E-state index in [1.165, 1.54) is 18.4 Å². The number of rotatable bonds is 8. The van der Waals surface area contributed by atoms with Crippen molar-refractivity contribution >= 4 is 5.96 Å². The van der Waals surface area contributed by atoms with E-state index in [-0.39, 0.29) is 0 Å². The molecule has 0 aliphatic carbocycles. The van der Waals surface area contributed by atoms with Gasteiger partial charge in [0.2, 0.25) is 0 Å². The summed E-state index contributed by atoms with van der Waals surface area (Å²) in [6, 6.07) is 6.36. The topological polar surface area (TPSA) is 64.1 Å². The molecular weight excluding hydrogens is 342 g/mol. The number of aliphatic imine (C=N–C) groups is 1. The van der Waals surface area contributed by atoms with Crippen molar-refractivity contribution in [2.75, 3.05) is 40.0 Å². The maximum absolute atomic E-state index is 6.12. The number of nitrogens with zero attached hydrogens (tertiary/aromatic N) is 1. The molecule has 2 aliphatic rings. The van der Waals surface area contributed by atoms with Crippen LogP contribution in [0.5, 0.6) is 5.75 Å². The number of nitrogens with one attached hydrogen (secondary N) is 2. The Morgan fingerprint density at radius 3 is 2.93 bits per heavy atom. The zero-order chi connectivity index (χ0) is 18.9. The first-order valence-corrected chi connectivity index (χ1v) is 10.1. The Labute approximate surface area is 162 Å². The summed E-state index contributed by atoms with van der Waals surface area (Å²) in [7, 11) is 1.80. The average molecular weight is 376 g/mol. The largest absolute Gasteiger partial charge is 0.493 e. The Kier molecular flexibility index (Phi) is 7.78. The zero-order valence-electron chi connectivity index (χ0n) is 16.6. The fraction of sp³-hybridized carbons (Fsp3) is 0.667. The fourth-order valence-corrected chi connectivity index (χ4v) is 3.49. The minimum absolute atomic E-state index is 0.396. The highest BCUT2D eigenvalue weighted by Crippen LogP contribution is 2.22. The lowest BCUT2D eigenvalue weighted by Crippen LogP contribution is -2.38. The van der Waals surface area contributed by atoms with E-state index in [1.54, 1.807) is 7.05 Å². The zero-order valence-corrected chi connectivity index (χ0v) is 16.6. The van der Waals surface area contributed by atoms with Gasteiger partial charge < -0.3 is 24.8 Å². The molecular formula is C21H33N3O3. The molecule has 2 saturated heterocycles. The van der Waals surface area contributed by atoms with Crippen LogP contribution in [0.25, 0.3) is 0 Å². The van der Waals surface area contributed by atoms with E-state index < -0.39 is 0 Å². The molecule has 6 nitrogen and oxygen atoms in total. The Morgan fingerprint density at radius 2 is 2.19 bits per heavy atom. The summed E-state index contributed by atoms with van der Waals surface area (Å²) in [5.74, 6) is 2.26. The van der Waals surface area contributed by atoms with E-state index >= 15 is 0 Å². The van der Waals surface area contributed by atoms with Gasteiger partial charge >= 0.3 is 0 Å². The van der Waals surface area contributed by atoms with Gasteiger partial charge in [0.1, 0.15) is 5.75 Å². The first-order chi connectivity index (χ1) is 13.2. The molecule has 0 saturated carbocycles. The van der Waals surface area contributed by atoms with Gasteiger partial charge in [-0.2, -0.15) is 0 Å². The van der Waals surface area contributed by atoms with Crippen molar-refractivity contribution in [2.45, 2.75) is 45.3 Å². The summed E-state index contributed by atoms with van der Waals surface area (Å²) in [6.07, 6.45) is 4.85. The van der Waals surface area contributed by atoms with Gasteiger partial charge in [0.15, 0.2) is 5.96 Å².